The minimum Gasteiger partial charge on any atom is -0.464 e. The van der Waals surface area contributed by atoms with Gasteiger partial charge in [-0.3, -0.25) is 4.68 Å². The lowest BCUT2D eigenvalue weighted by Gasteiger charge is -1.96. The minimum absolute atomic E-state index is 0.176. The summed E-state index contributed by atoms with van der Waals surface area (Å²) < 4.78 is 5.87. The van der Waals surface area contributed by atoms with Gasteiger partial charge >= 0.3 is 5.97 Å². The van der Waals surface area contributed by atoms with Crippen molar-refractivity contribution in [3.63, 3.8) is 0 Å². The lowest BCUT2D eigenvalue weighted by molar-refractivity contribution is 0.0588. The number of aliphatic hydroxyl groups is 1. The fraction of sp³-hybridized carbons (Fsp3) is 0.429. The highest BCUT2D eigenvalue weighted by molar-refractivity contribution is 5.87. The monoisotopic (exact) mass is 170 g/mol. The predicted octanol–water partition coefficient (Wildman–Crippen LogP) is -0.301. The van der Waals surface area contributed by atoms with Crippen molar-refractivity contribution in [1.29, 1.82) is 0 Å². The van der Waals surface area contributed by atoms with E-state index in [9.17, 15) is 4.79 Å². The molecule has 5 nitrogen and oxygen atoms in total. The Hall–Kier alpha value is -1.36. The number of rotatable bonds is 2. The predicted molar refractivity (Wildman–Crippen MR) is 40.5 cm³/mol. The van der Waals surface area contributed by atoms with Crippen LogP contribution in [0.25, 0.3) is 0 Å². The zero-order valence-corrected chi connectivity index (χ0v) is 6.94. The second-order valence-corrected chi connectivity index (χ2v) is 2.29. The molecule has 0 aromatic carbocycles. The van der Waals surface area contributed by atoms with Gasteiger partial charge in [-0.2, -0.15) is 5.10 Å². The third-order valence-electron chi connectivity index (χ3n) is 1.49. The Balaban J connectivity index is 2.99. The highest BCUT2D eigenvalue weighted by Gasteiger charge is 2.12. The molecule has 0 atom stereocenters. The Morgan fingerprint density at radius 2 is 2.50 bits per heavy atom. The van der Waals surface area contributed by atoms with E-state index in [-0.39, 0.29) is 6.61 Å². The molecule has 1 aromatic rings. The largest absolute Gasteiger partial charge is 0.464 e. The van der Waals surface area contributed by atoms with Gasteiger partial charge in [0.05, 0.1) is 19.4 Å². The maximum atomic E-state index is 11.0. The molecular formula is C7H10N2O3. The fourth-order valence-corrected chi connectivity index (χ4v) is 0.900. The third-order valence-corrected chi connectivity index (χ3v) is 1.49. The number of aromatic nitrogens is 2. The fourth-order valence-electron chi connectivity index (χ4n) is 0.900. The van der Waals surface area contributed by atoms with Crippen LogP contribution in [-0.4, -0.2) is 28.0 Å². The van der Waals surface area contributed by atoms with Crippen LogP contribution in [0.3, 0.4) is 0 Å². The summed E-state index contributed by atoms with van der Waals surface area (Å²) in [6.07, 6.45) is 0. The molecule has 0 spiro atoms. The first-order valence-corrected chi connectivity index (χ1v) is 3.41. The van der Waals surface area contributed by atoms with Gasteiger partial charge in [-0.15, -0.1) is 0 Å². The Morgan fingerprint density at radius 3 is 2.92 bits per heavy atom. The Labute approximate surface area is 69.6 Å². The summed E-state index contributed by atoms with van der Waals surface area (Å²) in [4.78, 5) is 11.0. The molecule has 0 radical (unpaired) electrons. The van der Waals surface area contributed by atoms with Crippen LogP contribution >= 0.6 is 0 Å². The maximum Gasteiger partial charge on any atom is 0.356 e. The van der Waals surface area contributed by atoms with Crippen molar-refractivity contribution < 1.29 is 14.6 Å². The van der Waals surface area contributed by atoms with Crippen LogP contribution in [0.1, 0.15) is 16.2 Å². The third kappa shape index (κ3) is 1.45. The summed E-state index contributed by atoms with van der Waals surface area (Å²) in [6.45, 7) is -0.176. The highest BCUT2D eigenvalue weighted by Crippen LogP contribution is 2.03. The summed E-state index contributed by atoms with van der Waals surface area (Å²) >= 11 is 0. The Bertz CT molecular complexity index is 293. The Morgan fingerprint density at radius 1 is 1.83 bits per heavy atom. The quantitative estimate of drug-likeness (QED) is 0.619. The molecule has 0 aliphatic rings. The number of hydrogen-bond donors (Lipinski definition) is 1. The van der Waals surface area contributed by atoms with Crippen LogP contribution in [0, 0.1) is 0 Å². The number of aliphatic hydroxyl groups excluding tert-OH is 1. The topological polar surface area (TPSA) is 64.3 Å². The first kappa shape index (κ1) is 8.73. The molecule has 1 aromatic heterocycles. The van der Waals surface area contributed by atoms with E-state index in [0.717, 1.165) is 0 Å². The molecule has 0 aliphatic heterocycles. The summed E-state index contributed by atoms with van der Waals surface area (Å²) in [5, 5.41) is 12.6. The molecule has 0 saturated carbocycles. The molecule has 0 aliphatic carbocycles. The van der Waals surface area contributed by atoms with E-state index in [4.69, 9.17) is 5.11 Å². The van der Waals surface area contributed by atoms with Gasteiger partial charge in [0, 0.05) is 7.05 Å². The van der Waals surface area contributed by atoms with Crippen LogP contribution in [0.5, 0.6) is 0 Å². The molecule has 1 heterocycles. The molecule has 1 N–H and O–H groups in total. The smallest absolute Gasteiger partial charge is 0.356 e. The van der Waals surface area contributed by atoms with Gasteiger partial charge in [0.2, 0.25) is 0 Å². The van der Waals surface area contributed by atoms with Crippen molar-refractivity contribution in [1.82, 2.24) is 9.78 Å². The molecule has 0 saturated heterocycles. The van der Waals surface area contributed by atoms with E-state index >= 15 is 0 Å². The zero-order chi connectivity index (χ0) is 9.14. The van der Waals surface area contributed by atoms with Gasteiger partial charge in [-0.1, -0.05) is 0 Å². The number of carbonyl (C=O) groups excluding carboxylic acids is 1. The van der Waals surface area contributed by atoms with Crippen LogP contribution in [0.2, 0.25) is 0 Å². The lowest BCUT2D eigenvalue weighted by Crippen LogP contribution is -2.07. The zero-order valence-electron chi connectivity index (χ0n) is 6.94. The van der Waals surface area contributed by atoms with Crippen molar-refractivity contribution in [3.8, 4) is 0 Å². The van der Waals surface area contributed by atoms with Crippen molar-refractivity contribution in [2.45, 2.75) is 6.61 Å². The van der Waals surface area contributed by atoms with Gasteiger partial charge in [-0.05, 0) is 6.07 Å². The molecule has 0 amide bonds. The normalized spacial score (nSPS) is 9.92. The second-order valence-electron chi connectivity index (χ2n) is 2.29. The SMILES string of the molecule is COC(=O)c1cc(CO)nn1C. The van der Waals surface area contributed by atoms with Gasteiger partial charge in [0.1, 0.15) is 5.69 Å². The average Bonchev–Trinajstić information content (AvgIpc) is 2.45. The van der Waals surface area contributed by atoms with Crippen molar-refractivity contribution in [3.05, 3.63) is 17.5 Å². The number of aryl methyl sites for hydroxylation is 1. The minimum atomic E-state index is -0.454. The molecule has 1 rings (SSSR count). The van der Waals surface area contributed by atoms with Gasteiger partial charge in [0.15, 0.2) is 0 Å². The Kier molecular flexibility index (Phi) is 2.44. The van der Waals surface area contributed by atoms with E-state index in [1.807, 2.05) is 0 Å². The van der Waals surface area contributed by atoms with Crippen LogP contribution < -0.4 is 0 Å². The van der Waals surface area contributed by atoms with E-state index in [2.05, 4.69) is 9.84 Å². The van der Waals surface area contributed by atoms with Crippen LogP contribution in [0.4, 0.5) is 0 Å². The molecule has 12 heavy (non-hydrogen) atoms. The van der Waals surface area contributed by atoms with Crippen LogP contribution in [-0.2, 0) is 18.4 Å². The summed E-state index contributed by atoms with van der Waals surface area (Å²) in [7, 11) is 2.92. The molecule has 5 heteroatoms. The maximum absolute atomic E-state index is 11.0. The van der Waals surface area contributed by atoms with Gasteiger partial charge in [-0.25, -0.2) is 4.79 Å². The summed E-state index contributed by atoms with van der Waals surface area (Å²) in [5.74, 6) is -0.454. The number of carbonyl (C=O) groups is 1. The van der Waals surface area contributed by atoms with Gasteiger partial charge < -0.3 is 9.84 Å². The molecule has 0 unspecified atom stereocenters. The molecule has 0 fully saturated rings. The van der Waals surface area contributed by atoms with Gasteiger partial charge in [0.25, 0.3) is 0 Å². The second kappa shape index (κ2) is 3.36. The lowest BCUT2D eigenvalue weighted by atomic mass is 10.3. The number of nitrogens with zero attached hydrogens (tertiary/aromatic N) is 2. The standard InChI is InChI=1S/C7H10N2O3/c1-9-6(7(11)12-2)3-5(4-10)8-9/h3,10H,4H2,1-2H3. The first-order chi connectivity index (χ1) is 5.69. The molecule has 66 valence electrons. The van der Waals surface area contributed by atoms with E-state index < -0.39 is 5.97 Å². The molecule has 0 bridgehead atoms. The van der Waals surface area contributed by atoms with Crippen molar-refractivity contribution >= 4 is 5.97 Å². The van der Waals surface area contributed by atoms with E-state index in [0.29, 0.717) is 11.4 Å². The highest BCUT2D eigenvalue weighted by atomic mass is 16.5. The number of ether oxygens (including phenoxy) is 1. The van der Waals surface area contributed by atoms with E-state index in [1.54, 1.807) is 7.05 Å². The summed E-state index contributed by atoms with van der Waals surface area (Å²) in [5.41, 5.74) is 0.791. The molecular weight excluding hydrogens is 160 g/mol. The van der Waals surface area contributed by atoms with Crippen molar-refractivity contribution in [2.75, 3.05) is 7.11 Å². The summed E-state index contributed by atoms with van der Waals surface area (Å²) in [6, 6.07) is 1.49. The van der Waals surface area contributed by atoms with E-state index in [1.165, 1.54) is 17.9 Å². The number of esters is 1. The number of hydrogen-bond acceptors (Lipinski definition) is 4. The average molecular weight is 170 g/mol. The van der Waals surface area contributed by atoms with Crippen LogP contribution in [0.15, 0.2) is 6.07 Å². The first-order valence-electron chi connectivity index (χ1n) is 3.41. The number of methoxy groups -OCH3 is 1. The van der Waals surface area contributed by atoms with Crippen molar-refractivity contribution in [2.24, 2.45) is 7.05 Å².